The van der Waals surface area contributed by atoms with E-state index < -0.39 is 0 Å². The number of hydrogen-bond acceptors (Lipinski definition) is 3. The van der Waals surface area contributed by atoms with Gasteiger partial charge < -0.3 is 5.32 Å². The molecule has 1 heterocycles. The van der Waals surface area contributed by atoms with E-state index in [9.17, 15) is 0 Å². The molecule has 0 radical (unpaired) electrons. The quantitative estimate of drug-likeness (QED) is 0.792. The smallest absolute Gasteiger partial charge is 0.0354 e. The maximum absolute atomic E-state index is 3.55. The Bertz CT molecular complexity index is 192. The Hall–Kier alpha value is 0.270. The first-order chi connectivity index (χ1) is 7.36. The first-order valence-electron chi connectivity index (χ1n) is 6.36. The molecule has 2 aliphatic rings. The van der Waals surface area contributed by atoms with Crippen molar-refractivity contribution in [1.29, 1.82) is 0 Å². The maximum Gasteiger partial charge on any atom is 0.0354 e. The molecular weight excluding hydrogens is 204 g/mol. The van der Waals surface area contributed by atoms with Crippen LogP contribution in [-0.4, -0.2) is 48.1 Å². The summed E-state index contributed by atoms with van der Waals surface area (Å²) in [7, 11) is 0. The van der Waals surface area contributed by atoms with Gasteiger partial charge in [0.15, 0.2) is 0 Å². The predicted molar refractivity (Wildman–Crippen MR) is 68.6 cm³/mol. The number of likely N-dealkylation sites (N-methyl/N-ethyl adjacent to an activating group) is 1. The Morgan fingerprint density at radius 3 is 2.60 bits per heavy atom. The van der Waals surface area contributed by atoms with Gasteiger partial charge in [0.1, 0.15) is 0 Å². The van der Waals surface area contributed by atoms with Crippen LogP contribution in [0.25, 0.3) is 0 Å². The molecule has 2 atom stereocenters. The zero-order chi connectivity index (χ0) is 10.7. The van der Waals surface area contributed by atoms with Crippen LogP contribution in [0.5, 0.6) is 0 Å². The second kappa shape index (κ2) is 5.55. The fourth-order valence-corrected chi connectivity index (χ4v) is 4.06. The molecule has 1 saturated heterocycles. The van der Waals surface area contributed by atoms with E-state index in [1.165, 1.54) is 45.3 Å². The molecule has 3 heteroatoms. The third-order valence-corrected chi connectivity index (χ3v) is 5.10. The fourth-order valence-electron chi connectivity index (χ4n) is 3.21. The van der Waals surface area contributed by atoms with Crippen molar-refractivity contribution in [3.8, 4) is 0 Å². The third-order valence-electron chi connectivity index (χ3n) is 4.02. The molecule has 0 aromatic carbocycles. The zero-order valence-corrected chi connectivity index (χ0v) is 10.9. The van der Waals surface area contributed by atoms with Crippen LogP contribution in [0.3, 0.4) is 0 Å². The van der Waals surface area contributed by atoms with Gasteiger partial charge in [0.25, 0.3) is 0 Å². The Morgan fingerprint density at radius 1 is 1.27 bits per heavy atom. The molecule has 0 amide bonds. The highest BCUT2D eigenvalue weighted by molar-refractivity contribution is 7.99. The normalized spacial score (nSPS) is 33.0. The average Bonchev–Trinajstić information content (AvgIpc) is 2.89. The van der Waals surface area contributed by atoms with Gasteiger partial charge in [-0.3, -0.25) is 4.90 Å². The van der Waals surface area contributed by atoms with Gasteiger partial charge in [0.05, 0.1) is 0 Å². The molecular formula is C12H24N2S. The average molecular weight is 228 g/mol. The molecule has 0 spiro atoms. The standard InChI is InChI=1S/C12H24N2S/c1-3-14(10-6-4-5-7-10)11-8-13-9-12(11)15-2/h10-13H,3-9H2,1-2H3. The first-order valence-corrected chi connectivity index (χ1v) is 7.65. The van der Waals surface area contributed by atoms with Gasteiger partial charge in [0.2, 0.25) is 0 Å². The topological polar surface area (TPSA) is 15.3 Å². The summed E-state index contributed by atoms with van der Waals surface area (Å²) in [6.45, 7) is 5.97. The number of nitrogens with one attached hydrogen (secondary N) is 1. The molecule has 1 aliphatic carbocycles. The highest BCUT2D eigenvalue weighted by Gasteiger charge is 2.35. The molecule has 1 saturated carbocycles. The molecule has 0 aromatic rings. The van der Waals surface area contributed by atoms with Gasteiger partial charge in [-0.2, -0.15) is 11.8 Å². The van der Waals surface area contributed by atoms with Crippen molar-refractivity contribution in [2.24, 2.45) is 0 Å². The Morgan fingerprint density at radius 2 is 2.00 bits per heavy atom. The van der Waals surface area contributed by atoms with Crippen LogP contribution in [0.1, 0.15) is 32.6 Å². The Balaban J connectivity index is 1.98. The fraction of sp³-hybridized carbons (Fsp3) is 1.00. The molecule has 2 rings (SSSR count). The lowest BCUT2D eigenvalue weighted by Crippen LogP contribution is -2.47. The largest absolute Gasteiger partial charge is 0.314 e. The lowest BCUT2D eigenvalue weighted by molar-refractivity contribution is 0.156. The molecule has 15 heavy (non-hydrogen) atoms. The molecule has 88 valence electrons. The van der Waals surface area contributed by atoms with Crippen LogP contribution < -0.4 is 5.32 Å². The molecule has 2 nitrogen and oxygen atoms in total. The van der Waals surface area contributed by atoms with E-state index in [0.29, 0.717) is 0 Å². The lowest BCUT2D eigenvalue weighted by atomic mass is 10.1. The summed E-state index contributed by atoms with van der Waals surface area (Å²) in [5, 5.41) is 4.36. The van der Waals surface area contributed by atoms with Crippen molar-refractivity contribution < 1.29 is 0 Å². The SMILES string of the molecule is CCN(C1CCCC1)C1CNCC1SC. The summed E-state index contributed by atoms with van der Waals surface area (Å²) >= 11 is 2.04. The number of nitrogens with zero attached hydrogens (tertiary/aromatic N) is 1. The summed E-state index contributed by atoms with van der Waals surface area (Å²) in [6, 6.07) is 1.67. The summed E-state index contributed by atoms with van der Waals surface area (Å²) < 4.78 is 0. The minimum absolute atomic E-state index is 0.785. The molecule has 1 N–H and O–H groups in total. The minimum atomic E-state index is 0.785. The van der Waals surface area contributed by atoms with E-state index in [0.717, 1.165) is 17.3 Å². The molecule has 1 aliphatic heterocycles. The van der Waals surface area contributed by atoms with Crippen molar-refractivity contribution in [3.63, 3.8) is 0 Å². The summed E-state index contributed by atoms with van der Waals surface area (Å²) in [6.07, 6.45) is 8.03. The number of hydrogen-bond donors (Lipinski definition) is 1. The number of rotatable bonds is 4. The minimum Gasteiger partial charge on any atom is -0.314 e. The van der Waals surface area contributed by atoms with Crippen LogP contribution in [0.15, 0.2) is 0 Å². The molecule has 0 aromatic heterocycles. The van der Waals surface area contributed by atoms with Crippen molar-refractivity contribution in [3.05, 3.63) is 0 Å². The van der Waals surface area contributed by atoms with E-state index in [1.807, 2.05) is 11.8 Å². The van der Waals surface area contributed by atoms with Gasteiger partial charge >= 0.3 is 0 Å². The predicted octanol–water partition coefficient (Wildman–Crippen LogP) is 1.95. The van der Waals surface area contributed by atoms with Crippen LogP contribution in [0.4, 0.5) is 0 Å². The maximum atomic E-state index is 3.55. The second-order valence-electron chi connectivity index (χ2n) is 4.77. The van der Waals surface area contributed by atoms with E-state index in [1.54, 1.807) is 0 Å². The summed E-state index contributed by atoms with van der Waals surface area (Å²) in [4.78, 5) is 2.77. The van der Waals surface area contributed by atoms with E-state index in [2.05, 4.69) is 23.4 Å². The Labute approximate surface area is 98.2 Å². The monoisotopic (exact) mass is 228 g/mol. The first kappa shape index (κ1) is 11.7. The summed E-state index contributed by atoms with van der Waals surface area (Å²) in [5.41, 5.74) is 0. The van der Waals surface area contributed by atoms with Crippen molar-refractivity contribution in [2.45, 2.75) is 49.9 Å². The highest BCUT2D eigenvalue weighted by atomic mass is 32.2. The van der Waals surface area contributed by atoms with Crippen LogP contribution >= 0.6 is 11.8 Å². The molecule has 2 unspecified atom stereocenters. The van der Waals surface area contributed by atoms with Crippen LogP contribution in [0.2, 0.25) is 0 Å². The van der Waals surface area contributed by atoms with Crippen LogP contribution in [0, 0.1) is 0 Å². The van der Waals surface area contributed by atoms with Gasteiger partial charge in [-0.1, -0.05) is 19.8 Å². The Kier molecular flexibility index (Phi) is 4.35. The van der Waals surface area contributed by atoms with Gasteiger partial charge in [-0.25, -0.2) is 0 Å². The molecule has 2 fully saturated rings. The van der Waals surface area contributed by atoms with Crippen LogP contribution in [-0.2, 0) is 0 Å². The van der Waals surface area contributed by atoms with Gasteiger partial charge in [-0.15, -0.1) is 0 Å². The number of thioether (sulfide) groups is 1. The molecule has 0 bridgehead atoms. The van der Waals surface area contributed by atoms with Gasteiger partial charge in [-0.05, 0) is 25.6 Å². The highest BCUT2D eigenvalue weighted by Crippen LogP contribution is 2.29. The van der Waals surface area contributed by atoms with Gasteiger partial charge in [0, 0.05) is 30.4 Å². The van der Waals surface area contributed by atoms with Crippen molar-refractivity contribution >= 4 is 11.8 Å². The third kappa shape index (κ3) is 2.51. The second-order valence-corrected chi connectivity index (χ2v) is 5.85. The lowest BCUT2D eigenvalue weighted by Gasteiger charge is -2.35. The van der Waals surface area contributed by atoms with Crippen molar-refractivity contribution in [1.82, 2.24) is 10.2 Å². The van der Waals surface area contributed by atoms with E-state index >= 15 is 0 Å². The zero-order valence-electron chi connectivity index (χ0n) is 10.0. The van der Waals surface area contributed by atoms with E-state index in [-0.39, 0.29) is 0 Å². The van der Waals surface area contributed by atoms with E-state index in [4.69, 9.17) is 0 Å². The van der Waals surface area contributed by atoms with Crippen molar-refractivity contribution in [2.75, 3.05) is 25.9 Å². The summed E-state index contributed by atoms with van der Waals surface area (Å²) in [5.74, 6) is 0.